The van der Waals surface area contributed by atoms with Crippen molar-refractivity contribution in [1.82, 2.24) is 25.5 Å². The summed E-state index contributed by atoms with van der Waals surface area (Å²) in [5.74, 6) is 0.850. The number of nitrogens with zero attached hydrogens (tertiary/aromatic N) is 4. The van der Waals surface area contributed by atoms with Crippen LogP contribution >= 0.6 is 23.4 Å². The average molecular weight is 445 g/mol. The van der Waals surface area contributed by atoms with E-state index < -0.39 is 0 Å². The minimum absolute atomic E-state index is 0.0278. The fourth-order valence-electron chi connectivity index (χ4n) is 2.72. The van der Waals surface area contributed by atoms with E-state index in [0.717, 1.165) is 12.8 Å². The van der Waals surface area contributed by atoms with E-state index in [-0.39, 0.29) is 17.7 Å². The normalized spacial score (nSPS) is 14.0. The van der Waals surface area contributed by atoms with Crippen molar-refractivity contribution in [2.75, 3.05) is 63.6 Å². The number of ether oxygens (including phenoxy) is 1. The second-order valence-corrected chi connectivity index (χ2v) is 7.85. The van der Waals surface area contributed by atoms with Crippen molar-refractivity contribution in [1.29, 1.82) is 0 Å². The summed E-state index contributed by atoms with van der Waals surface area (Å²) in [5, 5.41) is 6.52. The number of hydrogen-bond donors (Lipinski definition) is 2. The van der Waals surface area contributed by atoms with E-state index in [2.05, 4.69) is 25.5 Å². The minimum Gasteiger partial charge on any atom is -0.385 e. The number of aromatic nitrogens is 2. The molecule has 2 N–H and O–H groups in total. The topological polar surface area (TPSA) is 99.7 Å². The summed E-state index contributed by atoms with van der Waals surface area (Å²) in [7, 11) is 1.63. The van der Waals surface area contributed by atoms with Crippen LogP contribution in [0.2, 0.25) is 5.15 Å². The number of thioether (sulfide) groups is 1. The Balaban J connectivity index is 1.84. The summed E-state index contributed by atoms with van der Waals surface area (Å²) in [4.78, 5) is 36.6. The van der Waals surface area contributed by atoms with Crippen LogP contribution in [0.5, 0.6) is 0 Å². The fourth-order valence-corrected chi connectivity index (χ4v) is 3.63. The van der Waals surface area contributed by atoms with Gasteiger partial charge < -0.3 is 25.2 Å². The molecule has 0 saturated carbocycles. The lowest BCUT2D eigenvalue weighted by Crippen LogP contribution is -2.52. The van der Waals surface area contributed by atoms with E-state index in [1.807, 2.05) is 6.92 Å². The summed E-state index contributed by atoms with van der Waals surface area (Å²) >= 11 is 7.41. The van der Waals surface area contributed by atoms with E-state index in [0.29, 0.717) is 62.0 Å². The maximum Gasteiger partial charge on any atom is 0.317 e. The van der Waals surface area contributed by atoms with Crippen LogP contribution < -0.4 is 15.5 Å². The van der Waals surface area contributed by atoms with Gasteiger partial charge in [-0.15, -0.1) is 0 Å². The Morgan fingerprint density at radius 1 is 1.21 bits per heavy atom. The standard InChI is InChI=1S/C18H29ClN6O3S/c1-3-5-21-18(27)25-9-7-24(8-10-25)15-12-14(19)22-17(23-15)29-13-16(26)20-6-4-11-28-2/h12H,3-11,13H2,1-2H3,(H,20,26)(H,21,27). The molecule has 0 bridgehead atoms. The molecule has 3 amide bonds. The van der Waals surface area contributed by atoms with Gasteiger partial charge in [-0.25, -0.2) is 14.8 Å². The van der Waals surface area contributed by atoms with Crippen LogP contribution in [0.4, 0.5) is 10.6 Å². The summed E-state index contributed by atoms with van der Waals surface area (Å²) in [6.07, 6.45) is 1.68. The number of rotatable bonds is 10. The Labute approximate surface area is 180 Å². The van der Waals surface area contributed by atoms with E-state index in [1.165, 1.54) is 11.8 Å². The lowest BCUT2D eigenvalue weighted by atomic mass is 10.3. The molecule has 0 spiro atoms. The molecule has 11 heteroatoms. The number of halogens is 1. The first-order valence-electron chi connectivity index (χ1n) is 9.74. The van der Waals surface area contributed by atoms with Crippen LogP contribution in [0.25, 0.3) is 0 Å². The number of hydrogen-bond acceptors (Lipinski definition) is 7. The lowest BCUT2D eigenvalue weighted by molar-refractivity contribution is -0.118. The molecule has 1 fully saturated rings. The molecule has 0 aromatic carbocycles. The molecule has 1 aliphatic heterocycles. The molecule has 1 aromatic heterocycles. The third-order valence-electron chi connectivity index (χ3n) is 4.26. The van der Waals surface area contributed by atoms with Crippen molar-refractivity contribution < 1.29 is 14.3 Å². The zero-order chi connectivity index (χ0) is 21.1. The van der Waals surface area contributed by atoms with Gasteiger partial charge in [0.1, 0.15) is 11.0 Å². The van der Waals surface area contributed by atoms with E-state index >= 15 is 0 Å². The zero-order valence-electron chi connectivity index (χ0n) is 16.9. The number of nitrogens with one attached hydrogen (secondary N) is 2. The Kier molecular flexibility index (Phi) is 10.3. The van der Waals surface area contributed by atoms with Gasteiger partial charge >= 0.3 is 6.03 Å². The molecule has 1 aliphatic rings. The highest BCUT2D eigenvalue weighted by Gasteiger charge is 2.22. The smallest absolute Gasteiger partial charge is 0.317 e. The van der Waals surface area contributed by atoms with Gasteiger partial charge in [0.25, 0.3) is 0 Å². The largest absolute Gasteiger partial charge is 0.385 e. The van der Waals surface area contributed by atoms with Gasteiger partial charge in [-0.2, -0.15) is 0 Å². The predicted molar refractivity (Wildman–Crippen MR) is 115 cm³/mol. The van der Waals surface area contributed by atoms with Gasteiger partial charge in [0.2, 0.25) is 5.91 Å². The highest BCUT2D eigenvalue weighted by atomic mass is 35.5. The molecular formula is C18H29ClN6O3S. The van der Waals surface area contributed by atoms with E-state index in [1.54, 1.807) is 18.1 Å². The third-order valence-corrected chi connectivity index (χ3v) is 5.30. The SMILES string of the molecule is CCCNC(=O)N1CCN(c2cc(Cl)nc(SCC(=O)NCCCOC)n2)CC1. The number of urea groups is 1. The van der Waals surface area contributed by atoms with Crippen LogP contribution in [0.15, 0.2) is 11.2 Å². The maximum atomic E-state index is 12.1. The van der Waals surface area contributed by atoms with Crippen molar-refractivity contribution in [2.24, 2.45) is 0 Å². The Morgan fingerprint density at radius 3 is 2.66 bits per heavy atom. The molecule has 1 aromatic rings. The molecular weight excluding hydrogens is 416 g/mol. The second-order valence-electron chi connectivity index (χ2n) is 6.52. The molecule has 162 valence electrons. The molecule has 29 heavy (non-hydrogen) atoms. The van der Waals surface area contributed by atoms with Gasteiger partial charge in [0, 0.05) is 59.1 Å². The maximum absolute atomic E-state index is 12.1. The summed E-state index contributed by atoms with van der Waals surface area (Å²) in [5.41, 5.74) is 0. The second kappa shape index (κ2) is 12.7. The quantitative estimate of drug-likeness (QED) is 0.245. The lowest BCUT2D eigenvalue weighted by Gasteiger charge is -2.35. The Hall–Kier alpha value is -1.78. The van der Waals surface area contributed by atoms with E-state index in [4.69, 9.17) is 16.3 Å². The van der Waals surface area contributed by atoms with Crippen molar-refractivity contribution in [3.63, 3.8) is 0 Å². The summed E-state index contributed by atoms with van der Waals surface area (Å²) < 4.78 is 4.95. The van der Waals surface area contributed by atoms with Gasteiger partial charge in [-0.3, -0.25) is 4.79 Å². The highest BCUT2D eigenvalue weighted by Crippen LogP contribution is 2.22. The van der Waals surface area contributed by atoms with Crippen molar-refractivity contribution >= 4 is 41.1 Å². The third kappa shape index (κ3) is 8.23. The predicted octanol–water partition coefficient (Wildman–Crippen LogP) is 1.62. The van der Waals surface area contributed by atoms with Crippen LogP contribution in [0, 0.1) is 0 Å². The number of carbonyl (C=O) groups excluding carboxylic acids is 2. The summed E-state index contributed by atoms with van der Waals surface area (Å²) in [6, 6.07) is 1.68. The van der Waals surface area contributed by atoms with Gasteiger partial charge in [-0.05, 0) is 12.8 Å². The van der Waals surface area contributed by atoms with Gasteiger partial charge in [0.05, 0.1) is 5.75 Å². The van der Waals surface area contributed by atoms with Crippen LogP contribution in [-0.4, -0.2) is 85.5 Å². The van der Waals surface area contributed by atoms with Crippen molar-refractivity contribution in [3.8, 4) is 0 Å². The Morgan fingerprint density at radius 2 is 1.97 bits per heavy atom. The summed E-state index contributed by atoms with van der Waals surface area (Å²) in [6.45, 7) is 6.45. The first kappa shape index (κ1) is 23.5. The van der Waals surface area contributed by atoms with Crippen molar-refractivity contribution in [3.05, 3.63) is 11.2 Å². The molecule has 9 nitrogen and oxygen atoms in total. The first-order valence-corrected chi connectivity index (χ1v) is 11.1. The average Bonchev–Trinajstić information content (AvgIpc) is 2.73. The molecule has 0 unspecified atom stereocenters. The monoisotopic (exact) mass is 444 g/mol. The molecule has 1 saturated heterocycles. The fraction of sp³-hybridized carbons (Fsp3) is 0.667. The number of methoxy groups -OCH3 is 1. The zero-order valence-corrected chi connectivity index (χ0v) is 18.5. The molecule has 0 radical (unpaired) electrons. The van der Waals surface area contributed by atoms with Gasteiger partial charge in [0.15, 0.2) is 5.16 Å². The molecule has 0 atom stereocenters. The number of carbonyl (C=O) groups is 2. The number of amides is 3. The van der Waals surface area contributed by atoms with Crippen LogP contribution in [0.3, 0.4) is 0 Å². The molecule has 2 rings (SSSR count). The van der Waals surface area contributed by atoms with E-state index in [9.17, 15) is 9.59 Å². The molecule has 2 heterocycles. The Bertz CT molecular complexity index is 673. The number of anilines is 1. The number of piperazine rings is 1. The van der Waals surface area contributed by atoms with Crippen molar-refractivity contribution in [2.45, 2.75) is 24.9 Å². The van der Waals surface area contributed by atoms with Gasteiger partial charge in [-0.1, -0.05) is 30.3 Å². The minimum atomic E-state index is -0.0806. The van der Waals surface area contributed by atoms with Crippen LogP contribution in [-0.2, 0) is 9.53 Å². The first-order chi connectivity index (χ1) is 14.0. The highest BCUT2D eigenvalue weighted by molar-refractivity contribution is 7.99. The van der Waals surface area contributed by atoms with Crippen LogP contribution in [0.1, 0.15) is 19.8 Å². The molecule has 0 aliphatic carbocycles.